The molecule has 0 bridgehead atoms. The van der Waals surface area contributed by atoms with Crippen molar-refractivity contribution in [2.24, 2.45) is 0 Å². The first-order valence-corrected chi connectivity index (χ1v) is 10.9. The topological polar surface area (TPSA) is 13.1 Å². The largest absolute Gasteiger partial charge is 0.456 e. The van der Waals surface area contributed by atoms with Gasteiger partial charge in [-0.25, -0.2) is 0 Å². The zero-order valence-electron chi connectivity index (χ0n) is 14.9. The summed E-state index contributed by atoms with van der Waals surface area (Å²) in [5.74, 6) is 0.972. The number of hydrogen-bond donors (Lipinski definition) is 0. The van der Waals surface area contributed by atoms with E-state index >= 15 is 0 Å². The van der Waals surface area contributed by atoms with Gasteiger partial charge in [0.25, 0.3) is 0 Å². The van der Waals surface area contributed by atoms with Crippen molar-refractivity contribution in [1.29, 1.82) is 0 Å². The Hall–Kier alpha value is -1.28. The summed E-state index contributed by atoms with van der Waals surface area (Å²) >= 11 is 0. The van der Waals surface area contributed by atoms with Crippen molar-refractivity contribution in [1.82, 2.24) is 0 Å². The molecule has 1 nitrogen and oxygen atoms in total. The number of hydrogen-bond acceptors (Lipinski definition) is 1. The third-order valence-electron chi connectivity index (χ3n) is 5.62. The Morgan fingerprint density at radius 3 is 2.05 bits per heavy atom. The summed E-state index contributed by atoms with van der Waals surface area (Å²) in [5, 5.41) is 1.27. The summed E-state index contributed by atoms with van der Waals surface area (Å²) < 4.78 is 6.04. The predicted molar refractivity (Wildman–Crippen MR) is 101 cm³/mol. The standard InChI is InChI=1S/C20H30OSi/c1-8-19-18(17-11-9-10-12-20(17)21-19)13-22(14(2)3,15(4)5)16(6)7/h8-12,14-16H,1,13H2,2-7H3. The Kier molecular flexibility index (Phi) is 5.01. The zero-order valence-corrected chi connectivity index (χ0v) is 15.9. The second-order valence-corrected chi connectivity index (χ2v) is 13.4. The molecule has 1 aromatic heterocycles. The summed E-state index contributed by atoms with van der Waals surface area (Å²) in [5.41, 5.74) is 4.62. The molecule has 0 amide bonds. The number of para-hydroxylation sites is 1. The van der Waals surface area contributed by atoms with E-state index in [-0.39, 0.29) is 0 Å². The van der Waals surface area contributed by atoms with E-state index in [1.807, 2.05) is 12.1 Å². The van der Waals surface area contributed by atoms with E-state index in [0.29, 0.717) is 0 Å². The number of rotatable bonds is 6. The van der Waals surface area contributed by atoms with Crippen molar-refractivity contribution in [2.75, 3.05) is 0 Å². The Balaban J connectivity index is 2.62. The molecule has 2 rings (SSSR count). The van der Waals surface area contributed by atoms with E-state index in [2.05, 4.69) is 66.3 Å². The number of fused-ring (bicyclic) bond motifs is 1. The molecule has 0 atom stereocenters. The van der Waals surface area contributed by atoms with Gasteiger partial charge in [0.05, 0.1) is 8.07 Å². The maximum atomic E-state index is 6.04. The van der Waals surface area contributed by atoms with Crippen LogP contribution in [0.15, 0.2) is 35.3 Å². The van der Waals surface area contributed by atoms with E-state index < -0.39 is 8.07 Å². The first-order valence-electron chi connectivity index (χ1n) is 8.47. The first-order chi connectivity index (χ1) is 10.3. The van der Waals surface area contributed by atoms with Gasteiger partial charge in [0.1, 0.15) is 11.3 Å². The molecule has 2 heteroatoms. The van der Waals surface area contributed by atoms with Crippen LogP contribution in [0.1, 0.15) is 52.9 Å². The molecule has 1 heterocycles. The molecule has 0 aliphatic heterocycles. The molecule has 22 heavy (non-hydrogen) atoms. The molecule has 120 valence electrons. The van der Waals surface area contributed by atoms with Crippen molar-refractivity contribution in [3.05, 3.63) is 42.2 Å². The minimum Gasteiger partial charge on any atom is -0.456 e. The van der Waals surface area contributed by atoms with Crippen molar-refractivity contribution < 1.29 is 4.42 Å². The lowest BCUT2D eigenvalue weighted by molar-refractivity contribution is 0.600. The van der Waals surface area contributed by atoms with Crippen LogP contribution in [0.4, 0.5) is 0 Å². The lowest BCUT2D eigenvalue weighted by Gasteiger charge is -2.43. The fourth-order valence-corrected chi connectivity index (χ4v) is 10.6. The predicted octanol–water partition coefficient (Wildman–Crippen LogP) is 6.84. The highest BCUT2D eigenvalue weighted by atomic mass is 28.3. The minimum atomic E-state index is -1.50. The Labute approximate surface area is 136 Å². The van der Waals surface area contributed by atoms with E-state index in [0.717, 1.165) is 28.0 Å². The van der Waals surface area contributed by atoms with E-state index in [4.69, 9.17) is 4.42 Å². The fourth-order valence-electron chi connectivity index (χ4n) is 4.38. The van der Waals surface area contributed by atoms with Crippen molar-refractivity contribution in [2.45, 2.75) is 64.2 Å². The van der Waals surface area contributed by atoms with Crippen LogP contribution in [0.25, 0.3) is 17.0 Å². The molecule has 0 aliphatic carbocycles. The summed E-state index contributed by atoms with van der Waals surface area (Å²) in [6.07, 6.45) is 1.88. The average Bonchev–Trinajstić information content (AvgIpc) is 2.81. The van der Waals surface area contributed by atoms with Crippen LogP contribution in [-0.2, 0) is 6.04 Å². The van der Waals surface area contributed by atoms with Gasteiger partial charge in [-0.3, -0.25) is 0 Å². The SMILES string of the molecule is C=Cc1oc2ccccc2c1C[Si](C(C)C)(C(C)C)C(C)C. The van der Waals surface area contributed by atoms with E-state index in [1.165, 1.54) is 17.0 Å². The normalized spacial score (nSPS) is 12.8. The summed E-state index contributed by atoms with van der Waals surface area (Å²) in [4.78, 5) is 0. The molecule has 1 aromatic carbocycles. The van der Waals surface area contributed by atoms with Crippen LogP contribution in [-0.4, -0.2) is 8.07 Å². The van der Waals surface area contributed by atoms with Crippen LogP contribution in [0, 0.1) is 0 Å². The molecule has 0 radical (unpaired) electrons. The first kappa shape index (κ1) is 17.1. The second-order valence-electron chi connectivity index (χ2n) is 7.40. The third kappa shape index (κ3) is 2.69. The van der Waals surface area contributed by atoms with Crippen LogP contribution in [0.5, 0.6) is 0 Å². The third-order valence-corrected chi connectivity index (χ3v) is 13.0. The van der Waals surface area contributed by atoms with Gasteiger partial charge in [0.2, 0.25) is 0 Å². The maximum Gasteiger partial charge on any atom is 0.135 e. The average molecular weight is 315 g/mol. The van der Waals surface area contributed by atoms with Crippen molar-refractivity contribution >= 4 is 25.1 Å². The fraction of sp³-hybridized carbons (Fsp3) is 0.500. The molecule has 0 fully saturated rings. The Bertz CT molecular complexity index is 627. The maximum absolute atomic E-state index is 6.04. The van der Waals surface area contributed by atoms with E-state index in [9.17, 15) is 0 Å². The lowest BCUT2D eigenvalue weighted by Crippen LogP contribution is -2.47. The molecule has 0 aliphatic rings. The van der Waals surface area contributed by atoms with Crippen LogP contribution < -0.4 is 0 Å². The highest BCUT2D eigenvalue weighted by Gasteiger charge is 2.43. The van der Waals surface area contributed by atoms with Crippen LogP contribution in [0.2, 0.25) is 16.6 Å². The summed E-state index contributed by atoms with van der Waals surface area (Å²) in [6.45, 7) is 18.5. The lowest BCUT2D eigenvalue weighted by atomic mass is 10.1. The van der Waals surface area contributed by atoms with Gasteiger partial charge in [-0.05, 0) is 18.2 Å². The number of benzene rings is 1. The van der Waals surface area contributed by atoms with Crippen molar-refractivity contribution in [3.63, 3.8) is 0 Å². The van der Waals surface area contributed by atoms with Crippen LogP contribution >= 0.6 is 0 Å². The molecule has 0 unspecified atom stereocenters. The molecule has 0 saturated carbocycles. The second kappa shape index (κ2) is 6.45. The molecule has 0 N–H and O–H groups in total. The highest BCUT2D eigenvalue weighted by molar-refractivity contribution is 6.83. The minimum absolute atomic E-state index is 0.749. The molecule has 0 saturated heterocycles. The van der Waals surface area contributed by atoms with Gasteiger partial charge in [-0.2, -0.15) is 0 Å². The molecular formula is C20H30OSi. The van der Waals surface area contributed by atoms with Gasteiger partial charge >= 0.3 is 0 Å². The molecule has 0 spiro atoms. The van der Waals surface area contributed by atoms with Gasteiger partial charge in [-0.15, -0.1) is 0 Å². The smallest absolute Gasteiger partial charge is 0.135 e. The van der Waals surface area contributed by atoms with E-state index in [1.54, 1.807) is 0 Å². The quantitative estimate of drug-likeness (QED) is 0.532. The highest BCUT2D eigenvalue weighted by Crippen LogP contribution is 2.45. The van der Waals surface area contributed by atoms with Crippen LogP contribution in [0.3, 0.4) is 0 Å². The Morgan fingerprint density at radius 2 is 1.55 bits per heavy atom. The van der Waals surface area contributed by atoms with Gasteiger partial charge < -0.3 is 4.42 Å². The molecule has 2 aromatic rings. The monoisotopic (exact) mass is 314 g/mol. The van der Waals surface area contributed by atoms with Crippen molar-refractivity contribution in [3.8, 4) is 0 Å². The van der Waals surface area contributed by atoms with Gasteiger partial charge in [0.15, 0.2) is 0 Å². The van der Waals surface area contributed by atoms with Gasteiger partial charge in [0, 0.05) is 10.9 Å². The summed E-state index contributed by atoms with van der Waals surface area (Å²) in [7, 11) is -1.50. The Morgan fingerprint density at radius 1 is 1.00 bits per heavy atom. The number of furan rings is 1. The zero-order chi connectivity index (χ0) is 16.5. The molecular weight excluding hydrogens is 284 g/mol. The summed E-state index contributed by atoms with van der Waals surface area (Å²) in [6, 6.07) is 9.59. The van der Waals surface area contributed by atoms with Gasteiger partial charge in [-0.1, -0.05) is 82.9 Å².